The van der Waals surface area contributed by atoms with Gasteiger partial charge in [-0.3, -0.25) is 4.79 Å². The van der Waals surface area contributed by atoms with E-state index < -0.39 is 10.0 Å². The van der Waals surface area contributed by atoms with Crippen molar-refractivity contribution in [1.82, 2.24) is 14.9 Å². The summed E-state index contributed by atoms with van der Waals surface area (Å²) < 4.78 is 32.5. The molecule has 0 spiro atoms. The van der Waals surface area contributed by atoms with Crippen LogP contribution in [0.2, 0.25) is 0 Å². The first-order valence-corrected chi connectivity index (χ1v) is 9.75. The van der Waals surface area contributed by atoms with Gasteiger partial charge in [-0.25, -0.2) is 13.1 Å². The summed E-state index contributed by atoms with van der Waals surface area (Å²) in [7, 11) is -3.58. The van der Waals surface area contributed by atoms with Gasteiger partial charge in [-0.1, -0.05) is 0 Å². The molecule has 2 heterocycles. The van der Waals surface area contributed by atoms with Gasteiger partial charge in [0.15, 0.2) is 0 Å². The van der Waals surface area contributed by atoms with E-state index >= 15 is 0 Å². The van der Waals surface area contributed by atoms with Gasteiger partial charge in [-0.2, -0.15) is 0 Å². The molecule has 1 amide bonds. The Morgan fingerprint density at radius 2 is 2.00 bits per heavy atom. The maximum Gasteiger partial charge on any atom is 0.253 e. The topological polar surface area (TPSA) is 87.7 Å². The predicted octanol–water partition coefficient (Wildman–Crippen LogP) is 0.189. The zero-order valence-corrected chi connectivity index (χ0v) is 14.3. The third-order valence-corrected chi connectivity index (χ3v) is 5.83. The van der Waals surface area contributed by atoms with Crippen LogP contribution < -0.4 is 10.0 Å². The lowest BCUT2D eigenvalue weighted by Gasteiger charge is -2.20. The number of benzene rings is 1. The van der Waals surface area contributed by atoms with Crippen LogP contribution in [0.15, 0.2) is 29.2 Å². The molecule has 8 heteroatoms. The van der Waals surface area contributed by atoms with Crippen LogP contribution in [0.4, 0.5) is 0 Å². The summed E-state index contributed by atoms with van der Waals surface area (Å²) >= 11 is 0. The Morgan fingerprint density at radius 1 is 1.21 bits per heavy atom. The van der Waals surface area contributed by atoms with Crippen molar-refractivity contribution < 1.29 is 17.9 Å². The summed E-state index contributed by atoms with van der Waals surface area (Å²) in [6.45, 7) is 4.06. The monoisotopic (exact) mass is 353 g/mol. The lowest BCUT2D eigenvalue weighted by atomic mass is 10.2. The van der Waals surface area contributed by atoms with Gasteiger partial charge in [0.2, 0.25) is 10.0 Å². The van der Waals surface area contributed by atoms with Gasteiger partial charge in [-0.05, 0) is 43.7 Å². The molecule has 7 nitrogen and oxygen atoms in total. The third kappa shape index (κ3) is 4.13. The molecular weight excluding hydrogens is 330 g/mol. The van der Waals surface area contributed by atoms with Gasteiger partial charge in [0, 0.05) is 37.8 Å². The SMILES string of the molecule is O=C(c1ccc(S(=O)(=O)NC2CCOC2)cc1)N1CCCNCC1. The Balaban J connectivity index is 1.68. The molecule has 0 bridgehead atoms. The van der Waals surface area contributed by atoms with Crippen molar-refractivity contribution in [2.75, 3.05) is 39.4 Å². The molecule has 0 aromatic heterocycles. The van der Waals surface area contributed by atoms with Crippen LogP contribution in [0.3, 0.4) is 0 Å². The van der Waals surface area contributed by atoms with Crippen LogP contribution >= 0.6 is 0 Å². The smallest absolute Gasteiger partial charge is 0.253 e. The summed E-state index contributed by atoms with van der Waals surface area (Å²) in [5.41, 5.74) is 0.514. The first-order valence-electron chi connectivity index (χ1n) is 8.26. The molecule has 1 atom stereocenters. The minimum Gasteiger partial charge on any atom is -0.380 e. The van der Waals surface area contributed by atoms with Crippen LogP contribution in [-0.4, -0.2) is 64.7 Å². The second kappa shape index (κ2) is 7.60. The van der Waals surface area contributed by atoms with Crippen molar-refractivity contribution in [2.24, 2.45) is 0 Å². The Bertz CT molecular complexity index is 661. The van der Waals surface area contributed by atoms with E-state index in [9.17, 15) is 13.2 Å². The van der Waals surface area contributed by atoms with Crippen molar-refractivity contribution in [3.05, 3.63) is 29.8 Å². The highest BCUT2D eigenvalue weighted by Crippen LogP contribution is 2.15. The van der Waals surface area contributed by atoms with E-state index in [0.717, 1.165) is 26.1 Å². The number of carbonyl (C=O) groups is 1. The lowest BCUT2D eigenvalue weighted by molar-refractivity contribution is 0.0766. The highest BCUT2D eigenvalue weighted by Gasteiger charge is 2.24. The molecule has 24 heavy (non-hydrogen) atoms. The fourth-order valence-electron chi connectivity index (χ4n) is 2.92. The van der Waals surface area contributed by atoms with Crippen LogP contribution in [-0.2, 0) is 14.8 Å². The van der Waals surface area contributed by atoms with Crippen molar-refractivity contribution in [3.8, 4) is 0 Å². The van der Waals surface area contributed by atoms with Gasteiger partial charge < -0.3 is 15.0 Å². The molecule has 1 aromatic carbocycles. The second-order valence-corrected chi connectivity index (χ2v) is 7.82. The van der Waals surface area contributed by atoms with Crippen LogP contribution in [0.1, 0.15) is 23.2 Å². The van der Waals surface area contributed by atoms with Gasteiger partial charge >= 0.3 is 0 Å². The Labute approximate surface area is 142 Å². The average Bonchev–Trinajstić information content (AvgIpc) is 2.93. The van der Waals surface area contributed by atoms with Gasteiger partial charge in [-0.15, -0.1) is 0 Å². The predicted molar refractivity (Wildman–Crippen MR) is 89.4 cm³/mol. The number of carbonyl (C=O) groups excluding carboxylic acids is 1. The molecule has 0 saturated carbocycles. The summed E-state index contributed by atoms with van der Waals surface area (Å²) in [5.74, 6) is -0.0557. The minimum atomic E-state index is -3.58. The molecule has 2 saturated heterocycles. The quantitative estimate of drug-likeness (QED) is 0.807. The molecule has 1 aromatic rings. The van der Waals surface area contributed by atoms with Crippen LogP contribution in [0, 0.1) is 0 Å². The average molecular weight is 353 g/mol. The van der Waals surface area contributed by atoms with E-state index in [1.54, 1.807) is 17.0 Å². The van der Waals surface area contributed by atoms with Crippen LogP contribution in [0.5, 0.6) is 0 Å². The molecule has 2 aliphatic heterocycles. The van der Waals surface area contributed by atoms with E-state index in [-0.39, 0.29) is 16.8 Å². The molecule has 1 unspecified atom stereocenters. The summed E-state index contributed by atoms with van der Waals surface area (Å²) in [6.07, 6.45) is 1.60. The molecular formula is C16H23N3O4S. The second-order valence-electron chi connectivity index (χ2n) is 6.10. The molecule has 0 radical (unpaired) electrons. The normalized spacial score (nSPS) is 22.3. The fourth-order valence-corrected chi connectivity index (χ4v) is 4.18. The fraction of sp³-hybridized carbons (Fsp3) is 0.562. The summed E-state index contributed by atoms with van der Waals surface area (Å²) in [6, 6.07) is 5.96. The zero-order valence-electron chi connectivity index (χ0n) is 13.5. The molecule has 2 N–H and O–H groups in total. The maximum absolute atomic E-state index is 12.5. The van der Waals surface area contributed by atoms with Crippen molar-refractivity contribution in [1.29, 1.82) is 0 Å². The van der Waals surface area contributed by atoms with E-state index in [2.05, 4.69) is 10.0 Å². The number of sulfonamides is 1. The molecule has 0 aliphatic carbocycles. The largest absolute Gasteiger partial charge is 0.380 e. The lowest BCUT2D eigenvalue weighted by Crippen LogP contribution is -2.35. The van der Waals surface area contributed by atoms with E-state index in [4.69, 9.17) is 4.74 Å². The number of amides is 1. The Morgan fingerprint density at radius 3 is 2.71 bits per heavy atom. The van der Waals surface area contributed by atoms with E-state index in [1.165, 1.54) is 12.1 Å². The first kappa shape index (κ1) is 17.3. The maximum atomic E-state index is 12.5. The summed E-state index contributed by atoms with van der Waals surface area (Å²) in [5, 5.41) is 3.26. The highest BCUT2D eigenvalue weighted by atomic mass is 32.2. The molecule has 132 valence electrons. The first-order chi connectivity index (χ1) is 11.6. The van der Waals surface area contributed by atoms with E-state index in [1.807, 2.05) is 0 Å². The van der Waals surface area contributed by atoms with Crippen LogP contribution in [0.25, 0.3) is 0 Å². The van der Waals surface area contributed by atoms with Crippen molar-refractivity contribution in [2.45, 2.75) is 23.8 Å². The van der Waals surface area contributed by atoms with Gasteiger partial charge in [0.05, 0.1) is 11.5 Å². The third-order valence-electron chi connectivity index (χ3n) is 4.29. The molecule has 2 aliphatic rings. The zero-order chi connectivity index (χ0) is 17.0. The number of ether oxygens (including phenoxy) is 1. The van der Waals surface area contributed by atoms with Crippen molar-refractivity contribution in [3.63, 3.8) is 0 Å². The number of nitrogens with one attached hydrogen (secondary N) is 2. The Kier molecular flexibility index (Phi) is 5.50. The number of nitrogens with zero attached hydrogens (tertiary/aromatic N) is 1. The number of rotatable bonds is 4. The minimum absolute atomic E-state index is 0.0557. The number of hydrogen-bond acceptors (Lipinski definition) is 5. The number of hydrogen-bond donors (Lipinski definition) is 2. The highest BCUT2D eigenvalue weighted by molar-refractivity contribution is 7.89. The standard InChI is InChI=1S/C16H23N3O4S/c20-16(19-9-1-7-17-8-10-19)13-2-4-15(5-3-13)24(21,22)18-14-6-11-23-12-14/h2-5,14,17-18H,1,6-12H2. The van der Waals surface area contributed by atoms with Crippen molar-refractivity contribution >= 4 is 15.9 Å². The molecule has 2 fully saturated rings. The van der Waals surface area contributed by atoms with Gasteiger partial charge in [0.1, 0.15) is 0 Å². The Hall–Kier alpha value is -1.48. The van der Waals surface area contributed by atoms with E-state index in [0.29, 0.717) is 31.7 Å². The van der Waals surface area contributed by atoms with Gasteiger partial charge in [0.25, 0.3) is 5.91 Å². The molecule has 3 rings (SSSR count). The summed E-state index contributed by atoms with van der Waals surface area (Å²) in [4.78, 5) is 14.5.